The third kappa shape index (κ3) is 2.18. The summed E-state index contributed by atoms with van der Waals surface area (Å²) in [7, 11) is 0. The van der Waals surface area contributed by atoms with Crippen molar-refractivity contribution in [2.45, 2.75) is 31.7 Å². The van der Waals surface area contributed by atoms with E-state index in [0.29, 0.717) is 6.04 Å². The van der Waals surface area contributed by atoms with Crippen LogP contribution in [-0.2, 0) is 0 Å². The molecule has 4 N–H and O–H groups in total. The van der Waals surface area contributed by atoms with Crippen molar-refractivity contribution in [3.63, 3.8) is 0 Å². The molecule has 7 nitrogen and oxygen atoms in total. The maximum atomic E-state index is 11.3. The molecule has 2 aromatic rings. The molecule has 7 heteroatoms. The Morgan fingerprint density at radius 2 is 2.21 bits per heavy atom. The Hall–Kier alpha value is -2.31. The molecule has 2 heterocycles. The first-order valence-corrected chi connectivity index (χ1v) is 6.29. The highest BCUT2D eigenvalue weighted by molar-refractivity contribution is 5.95. The van der Waals surface area contributed by atoms with Gasteiger partial charge in [0.1, 0.15) is 5.56 Å². The second-order valence-corrected chi connectivity index (χ2v) is 4.81. The van der Waals surface area contributed by atoms with Crippen molar-refractivity contribution in [1.29, 1.82) is 0 Å². The lowest BCUT2D eigenvalue weighted by Crippen LogP contribution is -2.15. The molecule has 1 fully saturated rings. The zero-order valence-corrected chi connectivity index (χ0v) is 10.3. The third-order valence-electron chi connectivity index (χ3n) is 3.41. The summed E-state index contributed by atoms with van der Waals surface area (Å²) >= 11 is 0. The molecule has 0 amide bonds. The van der Waals surface area contributed by atoms with Crippen LogP contribution in [0.15, 0.2) is 12.3 Å². The fraction of sp³-hybridized carbons (Fsp3) is 0.417. The molecule has 0 bridgehead atoms. The van der Waals surface area contributed by atoms with Gasteiger partial charge in [-0.3, -0.25) is 0 Å². The zero-order valence-electron chi connectivity index (χ0n) is 10.3. The first-order valence-electron chi connectivity index (χ1n) is 6.29. The number of nitrogens with one attached hydrogen (secondary N) is 1. The highest BCUT2D eigenvalue weighted by Crippen LogP contribution is 2.24. The Morgan fingerprint density at radius 3 is 2.89 bits per heavy atom. The fourth-order valence-electron chi connectivity index (χ4n) is 2.54. The summed E-state index contributed by atoms with van der Waals surface area (Å²) in [6.07, 6.45) is 6.37. The van der Waals surface area contributed by atoms with Gasteiger partial charge < -0.3 is 16.2 Å². The molecule has 2 aromatic heterocycles. The Kier molecular flexibility index (Phi) is 2.73. The molecule has 3 rings (SSSR count). The molecule has 0 spiro atoms. The molecule has 0 aliphatic heterocycles. The van der Waals surface area contributed by atoms with Crippen molar-refractivity contribution in [3.05, 3.63) is 17.8 Å². The molecule has 0 aromatic carbocycles. The van der Waals surface area contributed by atoms with Gasteiger partial charge in [-0.25, -0.2) is 9.31 Å². The number of nitrogens with zero attached hydrogens (tertiary/aromatic N) is 3. The van der Waals surface area contributed by atoms with Gasteiger partial charge in [0.2, 0.25) is 5.95 Å². The second-order valence-electron chi connectivity index (χ2n) is 4.81. The molecule has 19 heavy (non-hydrogen) atoms. The number of nitrogens with two attached hydrogens (primary N) is 1. The Labute approximate surface area is 109 Å². The first kappa shape index (κ1) is 11.8. The summed E-state index contributed by atoms with van der Waals surface area (Å²) in [5.41, 5.74) is 6.62. The van der Waals surface area contributed by atoms with Crippen LogP contribution in [0.2, 0.25) is 0 Å². The number of rotatable bonds is 3. The minimum Gasteiger partial charge on any atom is -0.478 e. The third-order valence-corrected chi connectivity index (χ3v) is 3.41. The van der Waals surface area contributed by atoms with Crippen LogP contribution in [0, 0.1) is 0 Å². The van der Waals surface area contributed by atoms with E-state index in [0.717, 1.165) is 18.5 Å². The van der Waals surface area contributed by atoms with Crippen LogP contribution in [0.1, 0.15) is 36.0 Å². The van der Waals surface area contributed by atoms with Crippen molar-refractivity contribution in [1.82, 2.24) is 14.6 Å². The van der Waals surface area contributed by atoms with E-state index in [4.69, 9.17) is 5.73 Å². The average Bonchev–Trinajstić information content (AvgIpc) is 2.96. The fourth-order valence-corrected chi connectivity index (χ4v) is 2.54. The number of anilines is 2. The van der Waals surface area contributed by atoms with E-state index in [1.54, 1.807) is 12.3 Å². The SMILES string of the molecule is Nc1nc2c(C(=O)O)cc(NC3CCCC3)cn2n1. The van der Waals surface area contributed by atoms with E-state index in [9.17, 15) is 9.90 Å². The number of carboxylic acids is 1. The van der Waals surface area contributed by atoms with Crippen molar-refractivity contribution in [3.8, 4) is 0 Å². The lowest BCUT2D eigenvalue weighted by molar-refractivity contribution is 0.0698. The van der Waals surface area contributed by atoms with Gasteiger partial charge in [-0.05, 0) is 18.9 Å². The first-order chi connectivity index (χ1) is 9.13. The van der Waals surface area contributed by atoms with E-state index in [-0.39, 0.29) is 17.2 Å². The molecule has 1 aliphatic carbocycles. The standard InChI is InChI=1S/C12H15N5O2/c13-12-15-10-9(11(18)19)5-8(6-17(10)16-12)14-7-3-1-2-4-7/h5-7,14H,1-4H2,(H2,13,16)(H,18,19). The van der Waals surface area contributed by atoms with Gasteiger partial charge in [-0.2, -0.15) is 4.98 Å². The normalized spacial score (nSPS) is 16.0. The highest BCUT2D eigenvalue weighted by Gasteiger charge is 2.18. The predicted octanol–water partition coefficient (Wildman–Crippen LogP) is 1.36. The lowest BCUT2D eigenvalue weighted by atomic mass is 10.2. The second kappa shape index (κ2) is 4.42. The van der Waals surface area contributed by atoms with Gasteiger partial charge in [0.05, 0.1) is 11.9 Å². The van der Waals surface area contributed by atoms with Crippen molar-refractivity contribution >= 4 is 23.3 Å². The summed E-state index contributed by atoms with van der Waals surface area (Å²) in [6.45, 7) is 0. The number of carbonyl (C=O) groups is 1. The van der Waals surface area contributed by atoms with Gasteiger partial charge in [0, 0.05) is 6.04 Å². The van der Waals surface area contributed by atoms with Crippen LogP contribution >= 0.6 is 0 Å². The molecule has 0 atom stereocenters. The molecular formula is C12H15N5O2. The van der Waals surface area contributed by atoms with Crippen LogP contribution in [0.5, 0.6) is 0 Å². The summed E-state index contributed by atoms with van der Waals surface area (Å²) in [4.78, 5) is 15.2. The number of hydrogen-bond acceptors (Lipinski definition) is 5. The summed E-state index contributed by atoms with van der Waals surface area (Å²) < 4.78 is 1.41. The van der Waals surface area contributed by atoms with Crippen molar-refractivity contribution in [2.24, 2.45) is 0 Å². The Morgan fingerprint density at radius 1 is 1.47 bits per heavy atom. The van der Waals surface area contributed by atoms with Gasteiger partial charge in [-0.15, -0.1) is 5.10 Å². The molecule has 1 aliphatic rings. The van der Waals surface area contributed by atoms with E-state index < -0.39 is 5.97 Å². The van der Waals surface area contributed by atoms with Gasteiger partial charge in [-0.1, -0.05) is 12.8 Å². The monoisotopic (exact) mass is 261 g/mol. The molecule has 0 radical (unpaired) electrons. The number of hydrogen-bond donors (Lipinski definition) is 3. The molecule has 1 saturated carbocycles. The van der Waals surface area contributed by atoms with E-state index in [1.807, 2.05) is 0 Å². The minimum absolute atomic E-state index is 0.0699. The number of aromatic carboxylic acids is 1. The van der Waals surface area contributed by atoms with Crippen LogP contribution < -0.4 is 11.1 Å². The van der Waals surface area contributed by atoms with E-state index >= 15 is 0 Å². The Balaban J connectivity index is 2.02. The van der Waals surface area contributed by atoms with Gasteiger partial charge in [0.15, 0.2) is 5.65 Å². The molecule has 0 saturated heterocycles. The van der Waals surface area contributed by atoms with Crippen LogP contribution in [0.3, 0.4) is 0 Å². The maximum absolute atomic E-state index is 11.3. The molecular weight excluding hydrogens is 246 g/mol. The number of fused-ring (bicyclic) bond motifs is 1. The number of pyridine rings is 1. The van der Waals surface area contributed by atoms with E-state index in [1.165, 1.54) is 17.4 Å². The molecule has 0 unspecified atom stereocenters. The quantitative estimate of drug-likeness (QED) is 0.770. The predicted molar refractivity (Wildman–Crippen MR) is 70.2 cm³/mol. The number of carboxylic acid groups (broad SMARTS) is 1. The van der Waals surface area contributed by atoms with Crippen LogP contribution in [0.25, 0.3) is 5.65 Å². The summed E-state index contributed by atoms with van der Waals surface area (Å²) in [6, 6.07) is 1.99. The number of nitrogen functional groups attached to an aromatic ring is 1. The number of aromatic nitrogens is 3. The Bertz CT molecular complexity index is 630. The largest absolute Gasteiger partial charge is 0.478 e. The smallest absolute Gasteiger partial charge is 0.339 e. The van der Waals surface area contributed by atoms with Crippen molar-refractivity contribution in [2.75, 3.05) is 11.1 Å². The lowest BCUT2D eigenvalue weighted by Gasteiger charge is -2.14. The van der Waals surface area contributed by atoms with Gasteiger partial charge >= 0.3 is 5.97 Å². The summed E-state index contributed by atoms with van der Waals surface area (Å²) in [5, 5.41) is 16.5. The molecule has 100 valence electrons. The summed E-state index contributed by atoms with van der Waals surface area (Å²) in [5.74, 6) is -0.965. The zero-order chi connectivity index (χ0) is 13.4. The highest BCUT2D eigenvalue weighted by atomic mass is 16.4. The topological polar surface area (TPSA) is 106 Å². The maximum Gasteiger partial charge on any atom is 0.339 e. The van der Waals surface area contributed by atoms with Crippen LogP contribution in [-0.4, -0.2) is 31.7 Å². The minimum atomic E-state index is -1.03. The van der Waals surface area contributed by atoms with Gasteiger partial charge in [0.25, 0.3) is 0 Å². The van der Waals surface area contributed by atoms with Crippen LogP contribution in [0.4, 0.5) is 11.6 Å². The van der Waals surface area contributed by atoms with E-state index in [2.05, 4.69) is 15.4 Å². The average molecular weight is 261 g/mol. The van der Waals surface area contributed by atoms with Crippen molar-refractivity contribution < 1.29 is 9.90 Å².